The van der Waals surface area contributed by atoms with E-state index in [-0.39, 0.29) is 0 Å². The Balaban J connectivity index is 2.82. The quantitative estimate of drug-likeness (QED) is 0.556. The lowest BCUT2D eigenvalue weighted by atomic mass is 10.4. The molecule has 0 atom stereocenters. The third-order valence-corrected chi connectivity index (χ3v) is 2.18. The molecule has 10 heavy (non-hydrogen) atoms. The minimum atomic E-state index is 1.17. The molecule has 0 bridgehead atoms. The number of hydrogen-bond acceptors (Lipinski definition) is 2. The highest BCUT2D eigenvalue weighted by Crippen LogP contribution is 1.83. The van der Waals surface area contributed by atoms with Crippen molar-refractivity contribution in [1.29, 1.82) is 0 Å². The van der Waals surface area contributed by atoms with Crippen LogP contribution in [0.3, 0.4) is 0 Å². The molecular formula is C8H6NS. The van der Waals surface area contributed by atoms with Crippen LogP contribution >= 0.6 is 11.3 Å². The van der Waals surface area contributed by atoms with Gasteiger partial charge in [-0.3, -0.25) is 0 Å². The highest BCUT2D eigenvalue weighted by molar-refractivity contribution is 7.07. The normalized spacial score (nSPS) is 14.0. The molecule has 1 aromatic heterocycles. The Morgan fingerprint density at radius 2 is 2.50 bits per heavy atom. The smallest absolute Gasteiger partial charge is 0.0814 e. The van der Waals surface area contributed by atoms with Crippen LogP contribution in [0, 0.1) is 0 Å². The maximum atomic E-state index is 3.06. The average molecular weight is 148 g/mol. The standard InChI is InChI=1S/C8H6NS/c1-2-7-3-5-10-8(7)6-9-4-1/h1-5,9H. The average Bonchev–Trinajstić information content (AvgIpc) is 2.28. The van der Waals surface area contributed by atoms with Gasteiger partial charge in [0.15, 0.2) is 0 Å². The SMILES string of the molecule is [C]1=c2sccc2=CC=CN1. The molecule has 2 heterocycles. The molecule has 0 aliphatic carbocycles. The summed E-state index contributed by atoms with van der Waals surface area (Å²) < 4.78 is 1.17. The minimum absolute atomic E-state index is 1.17. The van der Waals surface area contributed by atoms with E-state index < -0.39 is 0 Å². The lowest BCUT2D eigenvalue weighted by Crippen LogP contribution is -2.18. The summed E-state index contributed by atoms with van der Waals surface area (Å²) in [5.41, 5.74) is 0. The van der Waals surface area contributed by atoms with Gasteiger partial charge in [0, 0.05) is 6.20 Å². The molecule has 0 amide bonds. The van der Waals surface area contributed by atoms with E-state index in [0.717, 1.165) is 0 Å². The van der Waals surface area contributed by atoms with Gasteiger partial charge in [0.25, 0.3) is 0 Å². The minimum Gasteiger partial charge on any atom is -0.359 e. The Morgan fingerprint density at radius 3 is 3.50 bits per heavy atom. The zero-order valence-electron chi connectivity index (χ0n) is 5.29. The van der Waals surface area contributed by atoms with Crippen LogP contribution < -0.4 is 15.1 Å². The van der Waals surface area contributed by atoms with Crippen LogP contribution in [0.1, 0.15) is 0 Å². The third-order valence-electron chi connectivity index (χ3n) is 1.34. The van der Waals surface area contributed by atoms with Gasteiger partial charge < -0.3 is 5.32 Å². The molecule has 1 aromatic rings. The monoisotopic (exact) mass is 148 g/mol. The predicted octanol–water partition coefficient (Wildman–Crippen LogP) is 0.261. The van der Waals surface area contributed by atoms with Crippen LogP contribution in [0.5, 0.6) is 0 Å². The first-order chi connectivity index (χ1) is 4.97. The van der Waals surface area contributed by atoms with Crippen molar-refractivity contribution in [3.63, 3.8) is 0 Å². The molecular weight excluding hydrogens is 142 g/mol. The van der Waals surface area contributed by atoms with Crippen LogP contribution in [0.15, 0.2) is 23.7 Å². The summed E-state index contributed by atoms with van der Waals surface area (Å²) in [6, 6.07) is 2.09. The van der Waals surface area contributed by atoms with Crippen molar-refractivity contribution in [3.8, 4) is 0 Å². The van der Waals surface area contributed by atoms with Crippen molar-refractivity contribution in [2.24, 2.45) is 0 Å². The number of rotatable bonds is 0. The van der Waals surface area contributed by atoms with Gasteiger partial charge in [-0.25, -0.2) is 0 Å². The third kappa shape index (κ3) is 0.866. The number of allylic oxidation sites excluding steroid dienone is 1. The van der Waals surface area contributed by atoms with Gasteiger partial charge in [0.05, 0.1) is 10.7 Å². The van der Waals surface area contributed by atoms with Crippen LogP contribution in [-0.2, 0) is 0 Å². The largest absolute Gasteiger partial charge is 0.359 e. The highest BCUT2D eigenvalue weighted by atomic mass is 32.1. The molecule has 0 saturated carbocycles. The van der Waals surface area contributed by atoms with E-state index in [0.29, 0.717) is 0 Å². The second-order valence-corrected chi connectivity index (χ2v) is 2.92. The Hall–Kier alpha value is -1.02. The molecule has 49 valence electrons. The first-order valence-corrected chi connectivity index (χ1v) is 3.94. The van der Waals surface area contributed by atoms with Gasteiger partial charge >= 0.3 is 0 Å². The molecule has 0 spiro atoms. The van der Waals surface area contributed by atoms with Gasteiger partial charge in [-0.2, -0.15) is 0 Å². The lowest BCUT2D eigenvalue weighted by molar-refractivity contribution is 1.29. The van der Waals surface area contributed by atoms with Gasteiger partial charge in [0.1, 0.15) is 0 Å². The van der Waals surface area contributed by atoms with E-state index in [1.54, 1.807) is 11.3 Å². The zero-order valence-corrected chi connectivity index (χ0v) is 6.11. The molecule has 0 aromatic carbocycles. The fraction of sp³-hybridized carbons (Fsp3) is 0. The van der Waals surface area contributed by atoms with E-state index in [1.165, 1.54) is 9.75 Å². The van der Waals surface area contributed by atoms with Gasteiger partial charge in [-0.1, -0.05) is 6.08 Å². The number of thiophene rings is 1. The van der Waals surface area contributed by atoms with Crippen LogP contribution in [-0.4, -0.2) is 0 Å². The Kier molecular flexibility index (Phi) is 1.32. The topological polar surface area (TPSA) is 12.0 Å². The Morgan fingerprint density at radius 1 is 1.50 bits per heavy atom. The summed E-state index contributed by atoms with van der Waals surface area (Å²) in [6.07, 6.45) is 8.97. The first-order valence-electron chi connectivity index (χ1n) is 3.06. The van der Waals surface area contributed by atoms with Crippen molar-refractivity contribution < 1.29 is 0 Å². The van der Waals surface area contributed by atoms with Crippen molar-refractivity contribution >= 4 is 23.6 Å². The van der Waals surface area contributed by atoms with E-state index in [1.807, 2.05) is 12.3 Å². The zero-order chi connectivity index (χ0) is 6.81. The molecule has 1 radical (unpaired) electrons. The Bertz CT molecular complexity index is 359. The molecule has 0 fully saturated rings. The van der Waals surface area contributed by atoms with Crippen LogP contribution in [0.4, 0.5) is 0 Å². The van der Waals surface area contributed by atoms with Gasteiger partial charge in [-0.05, 0) is 22.7 Å². The number of nitrogens with one attached hydrogen (secondary N) is 1. The molecule has 0 unspecified atom stereocenters. The summed E-state index contributed by atoms with van der Waals surface area (Å²) in [7, 11) is 0. The first kappa shape index (κ1) is 5.74. The van der Waals surface area contributed by atoms with Crippen LogP contribution in [0.25, 0.3) is 12.3 Å². The fourth-order valence-electron chi connectivity index (χ4n) is 0.859. The van der Waals surface area contributed by atoms with Crippen LogP contribution in [0.2, 0.25) is 0 Å². The fourth-order valence-corrected chi connectivity index (χ4v) is 1.60. The van der Waals surface area contributed by atoms with Gasteiger partial charge in [-0.15, -0.1) is 11.3 Å². The molecule has 1 N–H and O–H groups in total. The highest BCUT2D eigenvalue weighted by Gasteiger charge is 1.86. The van der Waals surface area contributed by atoms with Crippen molar-refractivity contribution in [2.75, 3.05) is 0 Å². The van der Waals surface area contributed by atoms with Crippen molar-refractivity contribution in [2.45, 2.75) is 0 Å². The van der Waals surface area contributed by atoms with E-state index in [2.05, 4.69) is 29.0 Å². The molecule has 1 aliphatic rings. The molecule has 1 nitrogen and oxygen atoms in total. The molecule has 1 aliphatic heterocycles. The van der Waals surface area contributed by atoms with Crippen molar-refractivity contribution in [3.05, 3.63) is 33.5 Å². The molecule has 2 rings (SSSR count). The Labute approximate surface area is 63.0 Å². The summed E-state index contributed by atoms with van der Waals surface area (Å²) >= 11 is 1.69. The summed E-state index contributed by atoms with van der Waals surface area (Å²) in [6.45, 7) is 0. The van der Waals surface area contributed by atoms with E-state index >= 15 is 0 Å². The second kappa shape index (κ2) is 2.31. The maximum Gasteiger partial charge on any atom is 0.0814 e. The molecule has 0 saturated heterocycles. The summed E-state index contributed by atoms with van der Waals surface area (Å²) in [5, 5.41) is 6.24. The lowest BCUT2D eigenvalue weighted by Gasteiger charge is -1.79. The summed E-state index contributed by atoms with van der Waals surface area (Å²) in [4.78, 5) is 0. The molecule has 2 heteroatoms. The predicted molar refractivity (Wildman–Crippen MR) is 43.7 cm³/mol. The van der Waals surface area contributed by atoms with Gasteiger partial charge in [0.2, 0.25) is 0 Å². The number of hydrogen-bond donors (Lipinski definition) is 1. The second-order valence-electron chi connectivity index (χ2n) is 2.00. The van der Waals surface area contributed by atoms with E-state index in [9.17, 15) is 0 Å². The van der Waals surface area contributed by atoms with E-state index in [4.69, 9.17) is 0 Å². The maximum absolute atomic E-state index is 3.06. The summed E-state index contributed by atoms with van der Waals surface area (Å²) in [5.74, 6) is 0. The number of fused-ring (bicyclic) bond motifs is 1. The van der Waals surface area contributed by atoms with Crippen molar-refractivity contribution in [1.82, 2.24) is 5.32 Å².